The molecule has 2 N–H and O–H groups in total. The molecular weight excluding hydrogens is 228 g/mol. The summed E-state index contributed by atoms with van der Waals surface area (Å²) >= 11 is 0. The summed E-state index contributed by atoms with van der Waals surface area (Å²) in [6.45, 7) is 13.8. The Kier molecular flexibility index (Phi) is 6.86. The first-order valence-electron chi connectivity index (χ1n) is 6.62. The molecule has 0 rings (SSSR count). The number of amides is 1. The molecule has 0 aromatic rings. The van der Waals surface area contributed by atoms with Gasteiger partial charge in [-0.3, -0.25) is 4.79 Å². The van der Waals surface area contributed by atoms with Gasteiger partial charge in [-0.2, -0.15) is 0 Å². The number of nitrogens with one attached hydrogen (secondary N) is 2. The van der Waals surface area contributed by atoms with Gasteiger partial charge in [-0.15, -0.1) is 0 Å². The highest BCUT2D eigenvalue weighted by molar-refractivity contribution is 5.81. The molecule has 0 radical (unpaired) electrons. The van der Waals surface area contributed by atoms with Crippen molar-refractivity contribution in [2.45, 2.75) is 59.5 Å². The minimum Gasteiger partial charge on any atom is -0.385 e. The average molecular weight is 258 g/mol. The fourth-order valence-corrected chi connectivity index (χ4v) is 1.47. The summed E-state index contributed by atoms with van der Waals surface area (Å²) in [5.74, 6) is 0.0463. The number of ether oxygens (including phenoxy) is 1. The first-order valence-corrected chi connectivity index (χ1v) is 6.62. The molecule has 0 aromatic heterocycles. The zero-order valence-corrected chi connectivity index (χ0v) is 13.0. The number of carbonyl (C=O) groups is 1. The molecule has 0 bridgehead atoms. The molecule has 1 atom stereocenters. The molecule has 4 nitrogen and oxygen atoms in total. The molecule has 0 fully saturated rings. The molecule has 108 valence electrons. The van der Waals surface area contributed by atoms with Gasteiger partial charge < -0.3 is 15.4 Å². The lowest BCUT2D eigenvalue weighted by Gasteiger charge is -2.28. The van der Waals surface area contributed by atoms with E-state index in [0.717, 1.165) is 19.6 Å². The van der Waals surface area contributed by atoms with Gasteiger partial charge in [-0.1, -0.05) is 13.8 Å². The summed E-state index contributed by atoms with van der Waals surface area (Å²) in [5, 5.41) is 6.26. The third-order valence-corrected chi connectivity index (χ3v) is 2.76. The van der Waals surface area contributed by atoms with E-state index in [-0.39, 0.29) is 22.9 Å². The van der Waals surface area contributed by atoms with E-state index in [1.165, 1.54) is 0 Å². The zero-order chi connectivity index (χ0) is 14.4. The van der Waals surface area contributed by atoms with Gasteiger partial charge in [0.1, 0.15) is 0 Å². The van der Waals surface area contributed by atoms with E-state index in [1.807, 2.05) is 27.7 Å². The van der Waals surface area contributed by atoms with Crippen LogP contribution in [0, 0.1) is 5.41 Å². The number of hydrogen-bond acceptors (Lipinski definition) is 3. The second-order valence-corrected chi connectivity index (χ2v) is 6.75. The maximum absolute atomic E-state index is 11.9. The quantitative estimate of drug-likeness (QED) is 0.734. The van der Waals surface area contributed by atoms with Crippen molar-refractivity contribution < 1.29 is 9.53 Å². The third-order valence-electron chi connectivity index (χ3n) is 2.76. The molecule has 18 heavy (non-hydrogen) atoms. The number of rotatable bonds is 7. The van der Waals surface area contributed by atoms with E-state index < -0.39 is 0 Å². The van der Waals surface area contributed by atoms with Crippen LogP contribution in [0.1, 0.15) is 48.0 Å². The van der Waals surface area contributed by atoms with Crippen LogP contribution in [-0.2, 0) is 9.53 Å². The van der Waals surface area contributed by atoms with Gasteiger partial charge in [-0.25, -0.2) is 0 Å². The van der Waals surface area contributed by atoms with Crippen LogP contribution in [0.25, 0.3) is 0 Å². The van der Waals surface area contributed by atoms with E-state index in [1.54, 1.807) is 7.11 Å². The Bertz CT molecular complexity index is 257. The Morgan fingerprint density at radius 2 is 1.78 bits per heavy atom. The second-order valence-electron chi connectivity index (χ2n) is 6.75. The van der Waals surface area contributed by atoms with Crippen molar-refractivity contribution in [3.8, 4) is 0 Å². The summed E-state index contributed by atoms with van der Waals surface area (Å²) in [6.07, 6.45) is 0.976. The highest BCUT2D eigenvalue weighted by Gasteiger charge is 2.22. The fourth-order valence-electron chi connectivity index (χ4n) is 1.47. The maximum atomic E-state index is 11.9. The lowest BCUT2D eigenvalue weighted by molar-refractivity contribution is -0.124. The van der Waals surface area contributed by atoms with Crippen LogP contribution < -0.4 is 10.6 Å². The molecule has 0 aliphatic rings. The first-order chi connectivity index (χ1) is 8.07. The molecule has 0 saturated carbocycles. The average Bonchev–Trinajstić information content (AvgIpc) is 2.21. The van der Waals surface area contributed by atoms with Gasteiger partial charge in [0, 0.05) is 25.8 Å². The Morgan fingerprint density at radius 1 is 1.22 bits per heavy atom. The first kappa shape index (κ1) is 17.4. The standard InChI is InChI=1S/C14H30N2O2/c1-11(12(17)16-13(2,3)4)15-10-14(5,6)8-9-18-7/h11,15H,8-10H2,1-7H3,(H,16,17). The van der Waals surface area contributed by atoms with Crippen molar-refractivity contribution in [3.63, 3.8) is 0 Å². The van der Waals surface area contributed by atoms with Crippen LogP contribution in [0.2, 0.25) is 0 Å². The van der Waals surface area contributed by atoms with Crippen molar-refractivity contribution in [2.24, 2.45) is 5.41 Å². The van der Waals surface area contributed by atoms with E-state index in [0.29, 0.717) is 0 Å². The van der Waals surface area contributed by atoms with Gasteiger partial charge in [-0.05, 0) is 39.5 Å². The molecule has 0 heterocycles. The number of carbonyl (C=O) groups excluding carboxylic acids is 1. The van der Waals surface area contributed by atoms with Gasteiger partial charge >= 0.3 is 0 Å². The van der Waals surface area contributed by atoms with Crippen molar-refractivity contribution in [1.29, 1.82) is 0 Å². The van der Waals surface area contributed by atoms with Crippen LogP contribution in [0.4, 0.5) is 0 Å². The van der Waals surface area contributed by atoms with Crippen molar-refractivity contribution in [3.05, 3.63) is 0 Å². The molecule has 4 heteroatoms. The lowest BCUT2D eigenvalue weighted by Crippen LogP contribution is -2.51. The van der Waals surface area contributed by atoms with Gasteiger partial charge in [0.25, 0.3) is 0 Å². The Balaban J connectivity index is 4.09. The summed E-state index contributed by atoms with van der Waals surface area (Å²) in [6, 6.07) is -0.175. The van der Waals surface area contributed by atoms with Crippen molar-refractivity contribution >= 4 is 5.91 Å². The molecule has 0 aromatic carbocycles. The summed E-state index contributed by atoms with van der Waals surface area (Å²) in [7, 11) is 1.71. The summed E-state index contributed by atoms with van der Waals surface area (Å²) in [4.78, 5) is 11.9. The number of methoxy groups -OCH3 is 1. The molecule has 0 aliphatic heterocycles. The van der Waals surface area contributed by atoms with Crippen LogP contribution in [-0.4, -0.2) is 37.7 Å². The Labute approximate surface area is 112 Å². The fraction of sp³-hybridized carbons (Fsp3) is 0.929. The Hall–Kier alpha value is -0.610. The highest BCUT2D eigenvalue weighted by Crippen LogP contribution is 2.18. The van der Waals surface area contributed by atoms with E-state index in [4.69, 9.17) is 4.74 Å². The monoisotopic (exact) mass is 258 g/mol. The Morgan fingerprint density at radius 3 is 2.22 bits per heavy atom. The van der Waals surface area contributed by atoms with Crippen LogP contribution in [0.15, 0.2) is 0 Å². The predicted molar refractivity (Wildman–Crippen MR) is 75.6 cm³/mol. The topological polar surface area (TPSA) is 50.4 Å². The molecule has 0 saturated heterocycles. The molecule has 1 unspecified atom stereocenters. The molecular formula is C14H30N2O2. The SMILES string of the molecule is COCCC(C)(C)CNC(C)C(=O)NC(C)(C)C. The second kappa shape index (κ2) is 7.10. The van der Waals surface area contributed by atoms with Crippen LogP contribution in [0.5, 0.6) is 0 Å². The normalized spacial score (nSPS) is 14.4. The van der Waals surface area contributed by atoms with E-state index in [9.17, 15) is 4.79 Å². The predicted octanol–water partition coefficient (Wildman–Crippen LogP) is 1.94. The van der Waals surface area contributed by atoms with Gasteiger partial charge in [0.05, 0.1) is 6.04 Å². The van der Waals surface area contributed by atoms with Crippen LogP contribution in [0.3, 0.4) is 0 Å². The molecule has 1 amide bonds. The minimum absolute atomic E-state index is 0.0463. The van der Waals surface area contributed by atoms with Crippen molar-refractivity contribution in [1.82, 2.24) is 10.6 Å². The largest absolute Gasteiger partial charge is 0.385 e. The molecule has 0 spiro atoms. The smallest absolute Gasteiger partial charge is 0.237 e. The number of hydrogen-bond donors (Lipinski definition) is 2. The molecule has 0 aliphatic carbocycles. The highest BCUT2D eigenvalue weighted by atomic mass is 16.5. The third kappa shape index (κ3) is 8.48. The van der Waals surface area contributed by atoms with Crippen molar-refractivity contribution in [2.75, 3.05) is 20.3 Å². The van der Waals surface area contributed by atoms with E-state index >= 15 is 0 Å². The maximum Gasteiger partial charge on any atom is 0.237 e. The van der Waals surface area contributed by atoms with Gasteiger partial charge in [0.15, 0.2) is 0 Å². The zero-order valence-electron chi connectivity index (χ0n) is 13.0. The van der Waals surface area contributed by atoms with Crippen LogP contribution >= 0.6 is 0 Å². The van der Waals surface area contributed by atoms with E-state index in [2.05, 4.69) is 24.5 Å². The minimum atomic E-state index is -0.182. The lowest BCUT2D eigenvalue weighted by atomic mass is 9.89. The summed E-state index contributed by atoms with van der Waals surface area (Å²) in [5.41, 5.74) is -0.0507. The van der Waals surface area contributed by atoms with Gasteiger partial charge in [0.2, 0.25) is 5.91 Å². The summed E-state index contributed by atoms with van der Waals surface area (Å²) < 4.78 is 5.09.